The van der Waals surface area contributed by atoms with Gasteiger partial charge in [0.1, 0.15) is 0 Å². The molecular formula is C15H13Cl2NO4S. The lowest BCUT2D eigenvalue weighted by molar-refractivity contribution is -0.136. The number of benzene rings is 2. The zero-order chi connectivity index (χ0) is 17.0. The summed E-state index contributed by atoms with van der Waals surface area (Å²) in [6.07, 6.45) is -0.356. The maximum atomic E-state index is 12.8. The molecule has 2 aromatic carbocycles. The quantitative estimate of drug-likeness (QED) is 0.837. The molecule has 0 aliphatic carbocycles. The Hall–Kier alpha value is -1.76. The molecule has 2 rings (SSSR count). The van der Waals surface area contributed by atoms with Crippen molar-refractivity contribution >= 4 is 44.9 Å². The van der Waals surface area contributed by atoms with E-state index in [9.17, 15) is 13.2 Å². The van der Waals surface area contributed by atoms with Gasteiger partial charge in [-0.25, -0.2) is 8.42 Å². The molecule has 0 heterocycles. The van der Waals surface area contributed by atoms with Crippen LogP contribution in [0.1, 0.15) is 6.42 Å². The van der Waals surface area contributed by atoms with Gasteiger partial charge < -0.3 is 5.11 Å². The van der Waals surface area contributed by atoms with Crippen molar-refractivity contribution in [1.29, 1.82) is 0 Å². The molecule has 1 N–H and O–H groups in total. The molecule has 122 valence electrons. The molecule has 0 spiro atoms. The van der Waals surface area contributed by atoms with Crippen LogP contribution in [0.25, 0.3) is 0 Å². The molecule has 0 aromatic heterocycles. The Kier molecular flexibility index (Phi) is 5.51. The summed E-state index contributed by atoms with van der Waals surface area (Å²) in [6, 6.07) is 12.1. The van der Waals surface area contributed by atoms with E-state index in [1.807, 2.05) is 0 Å². The number of carboxylic acids is 1. The van der Waals surface area contributed by atoms with Gasteiger partial charge in [-0.3, -0.25) is 9.10 Å². The zero-order valence-corrected chi connectivity index (χ0v) is 14.1. The number of carboxylic acid groups (broad SMARTS) is 1. The van der Waals surface area contributed by atoms with Gasteiger partial charge in [0.2, 0.25) is 0 Å². The number of rotatable bonds is 6. The van der Waals surface area contributed by atoms with Crippen molar-refractivity contribution in [3.8, 4) is 0 Å². The van der Waals surface area contributed by atoms with Gasteiger partial charge in [0.15, 0.2) is 0 Å². The summed E-state index contributed by atoms with van der Waals surface area (Å²) in [5.74, 6) is -1.11. The molecule has 0 saturated heterocycles. The monoisotopic (exact) mass is 373 g/mol. The third kappa shape index (κ3) is 4.16. The predicted octanol–water partition coefficient (Wildman–Crippen LogP) is 3.66. The van der Waals surface area contributed by atoms with E-state index in [0.717, 1.165) is 4.31 Å². The van der Waals surface area contributed by atoms with E-state index in [2.05, 4.69) is 0 Å². The molecule has 0 bridgehead atoms. The van der Waals surface area contributed by atoms with Crippen LogP contribution >= 0.6 is 23.2 Å². The van der Waals surface area contributed by atoms with Gasteiger partial charge >= 0.3 is 5.97 Å². The van der Waals surface area contributed by atoms with Crippen LogP contribution in [0.3, 0.4) is 0 Å². The van der Waals surface area contributed by atoms with Crippen LogP contribution in [0.2, 0.25) is 10.0 Å². The minimum absolute atomic E-state index is 0.0522. The first-order valence-electron chi connectivity index (χ1n) is 6.57. The van der Waals surface area contributed by atoms with Crippen LogP contribution in [0.5, 0.6) is 0 Å². The Morgan fingerprint density at radius 2 is 1.74 bits per heavy atom. The minimum atomic E-state index is -3.94. The summed E-state index contributed by atoms with van der Waals surface area (Å²) in [6.45, 7) is -0.242. The lowest BCUT2D eigenvalue weighted by Gasteiger charge is -2.25. The molecule has 0 atom stereocenters. The number of nitrogens with zero attached hydrogens (tertiary/aromatic N) is 1. The van der Waals surface area contributed by atoms with Gasteiger partial charge in [0, 0.05) is 11.6 Å². The Morgan fingerprint density at radius 1 is 1.09 bits per heavy atom. The van der Waals surface area contributed by atoms with Crippen LogP contribution in [0.15, 0.2) is 53.4 Å². The van der Waals surface area contributed by atoms with E-state index in [0.29, 0.717) is 5.02 Å². The van der Waals surface area contributed by atoms with Crippen molar-refractivity contribution < 1.29 is 18.3 Å². The molecule has 0 unspecified atom stereocenters. The predicted molar refractivity (Wildman–Crippen MR) is 89.7 cm³/mol. The Bertz CT molecular complexity index is 809. The fourth-order valence-corrected chi connectivity index (χ4v) is 4.04. The van der Waals surface area contributed by atoms with Gasteiger partial charge in [0.25, 0.3) is 10.0 Å². The number of hydrogen-bond donors (Lipinski definition) is 1. The van der Waals surface area contributed by atoms with E-state index >= 15 is 0 Å². The summed E-state index contributed by atoms with van der Waals surface area (Å²) in [7, 11) is -3.94. The molecule has 0 saturated carbocycles. The number of halogens is 2. The van der Waals surface area contributed by atoms with Crippen LogP contribution < -0.4 is 4.31 Å². The molecule has 8 heteroatoms. The van der Waals surface area contributed by atoms with Crippen molar-refractivity contribution in [2.24, 2.45) is 0 Å². The Morgan fingerprint density at radius 3 is 2.30 bits per heavy atom. The number of anilines is 1. The second-order valence-electron chi connectivity index (χ2n) is 4.63. The highest BCUT2D eigenvalue weighted by Gasteiger charge is 2.27. The van der Waals surface area contributed by atoms with Gasteiger partial charge in [-0.1, -0.05) is 41.4 Å². The molecular weight excluding hydrogens is 361 g/mol. The summed E-state index contributed by atoms with van der Waals surface area (Å²) < 4.78 is 26.6. The zero-order valence-electron chi connectivity index (χ0n) is 11.8. The summed E-state index contributed by atoms with van der Waals surface area (Å²) in [5, 5.41) is 9.37. The third-order valence-corrected chi connectivity index (χ3v) is 5.40. The van der Waals surface area contributed by atoms with Crippen LogP contribution in [0, 0.1) is 0 Å². The number of carbonyl (C=O) groups is 1. The normalized spacial score (nSPS) is 11.2. The lowest BCUT2D eigenvalue weighted by Crippen LogP contribution is -2.33. The Balaban J connectivity index is 2.52. The first kappa shape index (κ1) is 17.6. The summed E-state index contributed by atoms with van der Waals surface area (Å²) >= 11 is 11.9. The average Bonchev–Trinajstić information content (AvgIpc) is 2.49. The molecule has 0 aliphatic rings. The largest absolute Gasteiger partial charge is 0.481 e. The Labute approximate surface area is 144 Å². The number of sulfonamides is 1. The van der Waals surface area contributed by atoms with Crippen molar-refractivity contribution in [2.75, 3.05) is 10.8 Å². The highest BCUT2D eigenvalue weighted by Crippen LogP contribution is 2.32. The second kappa shape index (κ2) is 7.21. The lowest BCUT2D eigenvalue weighted by atomic mass is 10.3. The fourth-order valence-electron chi connectivity index (χ4n) is 1.97. The molecule has 0 radical (unpaired) electrons. The van der Waals surface area contributed by atoms with Crippen molar-refractivity contribution in [2.45, 2.75) is 11.3 Å². The molecule has 0 fully saturated rings. The van der Waals surface area contributed by atoms with Crippen LogP contribution in [-0.2, 0) is 14.8 Å². The van der Waals surface area contributed by atoms with Gasteiger partial charge in [-0.05, 0) is 30.3 Å². The van der Waals surface area contributed by atoms with Gasteiger partial charge in [-0.15, -0.1) is 0 Å². The van der Waals surface area contributed by atoms with Crippen LogP contribution in [0.4, 0.5) is 5.69 Å². The van der Waals surface area contributed by atoms with Crippen molar-refractivity contribution in [1.82, 2.24) is 0 Å². The maximum Gasteiger partial charge on any atom is 0.305 e. The average molecular weight is 374 g/mol. The van der Waals surface area contributed by atoms with E-state index in [1.165, 1.54) is 30.3 Å². The molecule has 5 nitrogen and oxygen atoms in total. The topological polar surface area (TPSA) is 74.7 Å². The van der Waals surface area contributed by atoms with E-state index in [4.69, 9.17) is 28.3 Å². The van der Waals surface area contributed by atoms with E-state index in [-0.39, 0.29) is 28.6 Å². The smallest absolute Gasteiger partial charge is 0.305 e. The maximum absolute atomic E-state index is 12.8. The molecule has 0 aliphatic heterocycles. The molecule has 2 aromatic rings. The summed E-state index contributed by atoms with van der Waals surface area (Å²) in [5.41, 5.74) is 0.182. The standard InChI is InChI=1S/C15H13Cl2NO4S/c16-11-6-7-14(13(17)10-11)18(9-8-15(19)20)23(21,22)12-4-2-1-3-5-12/h1-7,10H,8-9H2,(H,19,20). The molecule has 0 amide bonds. The van der Waals surface area contributed by atoms with Crippen molar-refractivity contribution in [3.05, 3.63) is 58.6 Å². The van der Waals surface area contributed by atoms with Gasteiger partial charge in [0.05, 0.1) is 22.0 Å². The van der Waals surface area contributed by atoms with Crippen LogP contribution in [-0.4, -0.2) is 26.0 Å². The first-order chi connectivity index (χ1) is 10.8. The highest BCUT2D eigenvalue weighted by atomic mass is 35.5. The molecule has 23 heavy (non-hydrogen) atoms. The minimum Gasteiger partial charge on any atom is -0.481 e. The van der Waals surface area contributed by atoms with E-state index < -0.39 is 16.0 Å². The fraction of sp³-hybridized carbons (Fsp3) is 0.133. The van der Waals surface area contributed by atoms with Gasteiger partial charge in [-0.2, -0.15) is 0 Å². The second-order valence-corrected chi connectivity index (χ2v) is 7.34. The van der Waals surface area contributed by atoms with Crippen molar-refractivity contribution in [3.63, 3.8) is 0 Å². The number of hydrogen-bond acceptors (Lipinski definition) is 3. The van der Waals surface area contributed by atoms with E-state index in [1.54, 1.807) is 18.2 Å². The SMILES string of the molecule is O=C(O)CCN(c1ccc(Cl)cc1Cl)S(=O)(=O)c1ccccc1. The summed E-state index contributed by atoms with van der Waals surface area (Å²) in [4.78, 5) is 10.9. The number of aliphatic carboxylic acids is 1. The first-order valence-corrected chi connectivity index (χ1v) is 8.76. The third-order valence-electron chi connectivity index (χ3n) is 3.04. The highest BCUT2D eigenvalue weighted by molar-refractivity contribution is 7.92.